The molecule has 1 heterocycles. The zero-order valence-corrected chi connectivity index (χ0v) is 12.0. The smallest absolute Gasteiger partial charge is 0.135 e. The minimum Gasteiger partial charge on any atom is -0.378 e. The molecule has 0 aliphatic rings. The van der Waals surface area contributed by atoms with Gasteiger partial charge < -0.3 is 10.1 Å². The SMILES string of the molecule is CNc1cc(COC)nc(Cc2ccc(F)cc2Cl)n1. The minimum absolute atomic E-state index is 0.358. The van der Waals surface area contributed by atoms with E-state index in [4.69, 9.17) is 16.3 Å². The van der Waals surface area contributed by atoms with E-state index in [0.717, 1.165) is 11.3 Å². The first-order valence-corrected chi connectivity index (χ1v) is 6.47. The van der Waals surface area contributed by atoms with Crippen LogP contribution in [0.15, 0.2) is 24.3 Å². The van der Waals surface area contributed by atoms with Gasteiger partial charge in [-0.2, -0.15) is 0 Å². The molecule has 0 unspecified atom stereocenters. The number of ether oxygens (including phenoxy) is 1. The van der Waals surface area contributed by atoms with Crippen molar-refractivity contribution in [3.8, 4) is 0 Å². The topological polar surface area (TPSA) is 47.0 Å². The Morgan fingerprint density at radius 2 is 2.10 bits per heavy atom. The van der Waals surface area contributed by atoms with Crippen LogP contribution in [-0.2, 0) is 17.8 Å². The van der Waals surface area contributed by atoms with Crippen molar-refractivity contribution >= 4 is 17.4 Å². The number of hydrogen-bond donors (Lipinski definition) is 1. The third kappa shape index (κ3) is 3.65. The molecule has 0 aliphatic carbocycles. The number of aromatic nitrogens is 2. The summed E-state index contributed by atoms with van der Waals surface area (Å²) in [5.74, 6) is 0.960. The maximum absolute atomic E-state index is 13.0. The second kappa shape index (κ2) is 6.63. The molecule has 0 aliphatic heterocycles. The number of nitrogens with one attached hydrogen (secondary N) is 1. The molecule has 6 heteroatoms. The highest BCUT2D eigenvalue weighted by Gasteiger charge is 2.08. The van der Waals surface area contributed by atoms with Crippen molar-refractivity contribution in [3.05, 3.63) is 52.2 Å². The van der Waals surface area contributed by atoms with Crippen LogP contribution >= 0.6 is 11.6 Å². The summed E-state index contributed by atoms with van der Waals surface area (Å²) in [6.45, 7) is 0.404. The van der Waals surface area contributed by atoms with Crippen LogP contribution in [0.2, 0.25) is 5.02 Å². The molecule has 2 rings (SSSR count). The lowest BCUT2D eigenvalue weighted by Gasteiger charge is -2.08. The number of rotatable bonds is 5. The van der Waals surface area contributed by atoms with Crippen LogP contribution < -0.4 is 5.32 Å². The fourth-order valence-electron chi connectivity index (χ4n) is 1.82. The van der Waals surface area contributed by atoms with E-state index in [1.54, 1.807) is 20.2 Å². The van der Waals surface area contributed by atoms with Crippen molar-refractivity contribution < 1.29 is 9.13 Å². The third-order valence-corrected chi connectivity index (χ3v) is 3.09. The Bertz CT molecular complexity index is 607. The maximum Gasteiger partial charge on any atom is 0.135 e. The average molecular weight is 296 g/mol. The second-order valence-corrected chi connectivity index (χ2v) is 4.66. The lowest BCUT2D eigenvalue weighted by molar-refractivity contribution is 0.181. The van der Waals surface area contributed by atoms with E-state index in [9.17, 15) is 4.39 Å². The fourth-order valence-corrected chi connectivity index (χ4v) is 2.05. The van der Waals surface area contributed by atoms with Gasteiger partial charge >= 0.3 is 0 Å². The Morgan fingerprint density at radius 1 is 1.30 bits per heavy atom. The third-order valence-electron chi connectivity index (χ3n) is 2.74. The molecule has 0 fully saturated rings. The molecule has 0 amide bonds. The Balaban J connectivity index is 2.29. The van der Waals surface area contributed by atoms with Crippen molar-refractivity contribution in [1.29, 1.82) is 0 Å². The molecule has 0 saturated heterocycles. The van der Waals surface area contributed by atoms with Gasteiger partial charge in [0.2, 0.25) is 0 Å². The number of anilines is 1. The van der Waals surface area contributed by atoms with Gasteiger partial charge in [0.15, 0.2) is 0 Å². The summed E-state index contributed by atoms with van der Waals surface area (Å²) in [6.07, 6.45) is 0.436. The number of hydrogen-bond acceptors (Lipinski definition) is 4. The summed E-state index contributed by atoms with van der Waals surface area (Å²) < 4.78 is 18.1. The molecule has 1 N–H and O–H groups in total. The van der Waals surface area contributed by atoms with E-state index in [-0.39, 0.29) is 5.82 Å². The van der Waals surface area contributed by atoms with E-state index in [1.807, 2.05) is 6.07 Å². The second-order valence-electron chi connectivity index (χ2n) is 4.26. The summed E-state index contributed by atoms with van der Waals surface area (Å²) in [5.41, 5.74) is 1.56. The summed E-state index contributed by atoms with van der Waals surface area (Å²) in [6, 6.07) is 6.12. The van der Waals surface area contributed by atoms with Gasteiger partial charge in [0, 0.05) is 31.7 Å². The molecular weight excluding hydrogens is 281 g/mol. The predicted molar refractivity (Wildman–Crippen MR) is 76.5 cm³/mol. The molecule has 2 aromatic rings. The van der Waals surface area contributed by atoms with Gasteiger partial charge in [-0.3, -0.25) is 0 Å². The lowest BCUT2D eigenvalue weighted by atomic mass is 10.1. The first-order chi connectivity index (χ1) is 9.62. The van der Waals surface area contributed by atoms with Gasteiger partial charge in [-0.05, 0) is 17.7 Å². The number of halogens is 2. The van der Waals surface area contributed by atoms with Crippen LogP contribution in [0.1, 0.15) is 17.1 Å². The first kappa shape index (κ1) is 14.7. The Hall–Kier alpha value is -1.72. The number of nitrogens with zero attached hydrogens (tertiary/aromatic N) is 2. The molecular formula is C14H15ClFN3O. The van der Waals surface area contributed by atoms with Gasteiger partial charge in [0.05, 0.1) is 12.3 Å². The van der Waals surface area contributed by atoms with Crippen molar-refractivity contribution in [2.24, 2.45) is 0 Å². The van der Waals surface area contributed by atoms with Crippen LogP contribution in [-0.4, -0.2) is 24.1 Å². The highest BCUT2D eigenvalue weighted by Crippen LogP contribution is 2.20. The van der Waals surface area contributed by atoms with E-state index in [2.05, 4.69) is 15.3 Å². The quantitative estimate of drug-likeness (QED) is 0.921. The zero-order chi connectivity index (χ0) is 14.5. The van der Waals surface area contributed by atoms with Crippen LogP contribution in [0.5, 0.6) is 0 Å². The van der Waals surface area contributed by atoms with Crippen LogP contribution in [0, 0.1) is 5.82 Å². The predicted octanol–water partition coefficient (Wildman–Crippen LogP) is 3.05. The largest absolute Gasteiger partial charge is 0.378 e. The summed E-state index contributed by atoms with van der Waals surface area (Å²) in [7, 11) is 3.39. The van der Waals surface area contributed by atoms with Crippen LogP contribution in [0.4, 0.5) is 10.2 Å². The average Bonchev–Trinajstić information content (AvgIpc) is 2.42. The molecule has 4 nitrogen and oxygen atoms in total. The standard InChI is InChI=1S/C14H15ClFN3O/c1-17-13-7-11(8-20-2)18-14(19-13)5-9-3-4-10(16)6-12(9)15/h3-4,6-7H,5,8H2,1-2H3,(H,17,18,19). The number of benzene rings is 1. The van der Waals surface area contributed by atoms with Crippen LogP contribution in [0.3, 0.4) is 0 Å². The van der Waals surface area contributed by atoms with Gasteiger partial charge in [0.1, 0.15) is 17.5 Å². The Labute approximate surface area is 122 Å². The fraction of sp³-hybridized carbons (Fsp3) is 0.286. The summed E-state index contributed by atoms with van der Waals surface area (Å²) in [5, 5.41) is 3.35. The van der Waals surface area contributed by atoms with Gasteiger partial charge in [-0.1, -0.05) is 17.7 Å². The lowest BCUT2D eigenvalue weighted by Crippen LogP contribution is -2.05. The molecule has 1 aromatic heterocycles. The molecule has 106 valence electrons. The Kier molecular flexibility index (Phi) is 4.87. The first-order valence-electron chi connectivity index (χ1n) is 6.10. The highest BCUT2D eigenvalue weighted by molar-refractivity contribution is 6.31. The van der Waals surface area contributed by atoms with Crippen molar-refractivity contribution in [2.75, 3.05) is 19.5 Å². The van der Waals surface area contributed by atoms with Gasteiger partial charge in [-0.15, -0.1) is 0 Å². The maximum atomic E-state index is 13.0. The Morgan fingerprint density at radius 3 is 2.75 bits per heavy atom. The monoisotopic (exact) mass is 295 g/mol. The minimum atomic E-state index is -0.358. The molecule has 0 radical (unpaired) electrons. The van der Waals surface area contributed by atoms with Crippen LogP contribution in [0.25, 0.3) is 0 Å². The van der Waals surface area contributed by atoms with Gasteiger partial charge in [0.25, 0.3) is 0 Å². The summed E-state index contributed by atoms with van der Waals surface area (Å²) >= 11 is 6.02. The van der Waals surface area contributed by atoms with Crippen molar-refractivity contribution in [1.82, 2.24) is 9.97 Å². The van der Waals surface area contributed by atoms with E-state index in [1.165, 1.54) is 12.1 Å². The van der Waals surface area contributed by atoms with E-state index >= 15 is 0 Å². The summed E-state index contributed by atoms with van der Waals surface area (Å²) in [4.78, 5) is 8.76. The van der Waals surface area contributed by atoms with E-state index in [0.29, 0.717) is 29.7 Å². The number of methoxy groups -OCH3 is 1. The van der Waals surface area contributed by atoms with E-state index < -0.39 is 0 Å². The normalized spacial score (nSPS) is 10.6. The van der Waals surface area contributed by atoms with Crippen molar-refractivity contribution in [2.45, 2.75) is 13.0 Å². The highest BCUT2D eigenvalue weighted by atomic mass is 35.5. The molecule has 0 atom stereocenters. The molecule has 0 spiro atoms. The van der Waals surface area contributed by atoms with Crippen molar-refractivity contribution in [3.63, 3.8) is 0 Å². The van der Waals surface area contributed by atoms with Gasteiger partial charge in [-0.25, -0.2) is 14.4 Å². The zero-order valence-electron chi connectivity index (χ0n) is 11.3. The molecule has 20 heavy (non-hydrogen) atoms. The molecule has 0 saturated carbocycles. The molecule has 0 bridgehead atoms. The molecule has 1 aromatic carbocycles.